The van der Waals surface area contributed by atoms with Crippen LogP contribution in [0.1, 0.15) is 58.8 Å². The Kier molecular flexibility index (Phi) is 16.9. The van der Waals surface area contributed by atoms with Crippen molar-refractivity contribution in [2.24, 2.45) is 5.73 Å². The minimum absolute atomic E-state index is 0.337. The largest absolute Gasteiger partial charge is 0.481 e. The lowest BCUT2D eigenvalue weighted by molar-refractivity contribution is -0.137. The minimum atomic E-state index is -0.670. The number of carboxylic acid groups (broad SMARTS) is 1. The molecule has 3 nitrogen and oxygen atoms in total. The predicted molar refractivity (Wildman–Crippen MR) is 60.4 cm³/mol. The summed E-state index contributed by atoms with van der Waals surface area (Å²) in [6.07, 6.45) is 6.98. The fourth-order valence-corrected chi connectivity index (χ4v) is 0.880. The molecule has 0 aliphatic rings. The number of hydrogen-bond acceptors (Lipinski definition) is 2. The number of hydrogen-bond donors (Lipinski definition) is 2. The highest BCUT2D eigenvalue weighted by Gasteiger charge is 1.94. The first-order chi connectivity index (χ1) is 6.68. The molecule has 0 aliphatic heterocycles. The molecular formula is C11H25NO2. The van der Waals surface area contributed by atoms with Gasteiger partial charge in [-0.2, -0.15) is 0 Å². The number of aliphatic carboxylic acids is 1. The van der Waals surface area contributed by atoms with E-state index in [9.17, 15) is 4.79 Å². The summed E-state index contributed by atoms with van der Waals surface area (Å²) < 4.78 is 0. The summed E-state index contributed by atoms with van der Waals surface area (Å²) in [4.78, 5) is 10.0. The lowest BCUT2D eigenvalue weighted by Gasteiger charge is -1.95. The molecule has 0 heterocycles. The summed E-state index contributed by atoms with van der Waals surface area (Å²) in [6.45, 7) is 5.02. The van der Waals surface area contributed by atoms with E-state index < -0.39 is 5.97 Å². The maximum Gasteiger partial charge on any atom is 0.303 e. The van der Waals surface area contributed by atoms with Crippen LogP contribution in [0.5, 0.6) is 0 Å². The van der Waals surface area contributed by atoms with Gasteiger partial charge in [-0.25, -0.2) is 0 Å². The molecule has 0 aromatic carbocycles. The summed E-state index contributed by atoms with van der Waals surface area (Å²) in [5.41, 5.74) is 5.03. The Morgan fingerprint density at radius 1 is 1.07 bits per heavy atom. The molecule has 0 amide bonds. The second kappa shape index (κ2) is 14.9. The van der Waals surface area contributed by atoms with E-state index >= 15 is 0 Å². The van der Waals surface area contributed by atoms with Gasteiger partial charge in [-0.3, -0.25) is 4.79 Å². The van der Waals surface area contributed by atoms with Crippen molar-refractivity contribution < 1.29 is 9.90 Å². The molecule has 0 bridgehead atoms. The molecule has 0 saturated carbocycles. The highest BCUT2D eigenvalue weighted by atomic mass is 16.4. The molecular weight excluding hydrogens is 178 g/mol. The van der Waals surface area contributed by atoms with Gasteiger partial charge in [0, 0.05) is 6.42 Å². The van der Waals surface area contributed by atoms with Crippen LogP contribution >= 0.6 is 0 Å². The second-order valence-electron chi connectivity index (χ2n) is 3.35. The van der Waals surface area contributed by atoms with Crippen molar-refractivity contribution in [1.82, 2.24) is 0 Å². The van der Waals surface area contributed by atoms with Gasteiger partial charge in [0.1, 0.15) is 0 Å². The molecule has 14 heavy (non-hydrogen) atoms. The van der Waals surface area contributed by atoms with E-state index in [1.165, 1.54) is 19.3 Å². The minimum Gasteiger partial charge on any atom is -0.481 e. The third-order valence-corrected chi connectivity index (χ3v) is 1.78. The van der Waals surface area contributed by atoms with Gasteiger partial charge in [0.25, 0.3) is 0 Å². The van der Waals surface area contributed by atoms with E-state index in [0.29, 0.717) is 6.42 Å². The zero-order valence-corrected chi connectivity index (χ0v) is 9.59. The highest BCUT2D eigenvalue weighted by molar-refractivity contribution is 5.66. The maximum absolute atomic E-state index is 10.0. The molecule has 86 valence electrons. The second-order valence-corrected chi connectivity index (χ2v) is 3.35. The average Bonchev–Trinajstić information content (AvgIpc) is 2.18. The van der Waals surface area contributed by atoms with Crippen molar-refractivity contribution in [2.75, 3.05) is 6.54 Å². The first kappa shape index (κ1) is 15.9. The van der Waals surface area contributed by atoms with Crippen molar-refractivity contribution in [3.05, 3.63) is 0 Å². The van der Waals surface area contributed by atoms with Gasteiger partial charge in [0.05, 0.1) is 0 Å². The monoisotopic (exact) mass is 203 g/mol. The molecule has 0 aromatic heterocycles. The smallest absolute Gasteiger partial charge is 0.303 e. The van der Waals surface area contributed by atoms with E-state index in [0.717, 1.165) is 25.8 Å². The third-order valence-electron chi connectivity index (χ3n) is 1.78. The molecule has 3 heteroatoms. The Balaban J connectivity index is 0. The molecule has 0 rings (SSSR count). The number of carboxylic acids is 1. The van der Waals surface area contributed by atoms with Crippen LogP contribution in [0.2, 0.25) is 0 Å². The lowest BCUT2D eigenvalue weighted by Crippen LogP contribution is -1.93. The van der Waals surface area contributed by atoms with Gasteiger partial charge in [-0.1, -0.05) is 39.5 Å². The molecule has 0 saturated heterocycles. The van der Waals surface area contributed by atoms with Crippen LogP contribution in [0.15, 0.2) is 0 Å². The molecule has 0 aliphatic carbocycles. The molecule has 3 N–H and O–H groups in total. The quantitative estimate of drug-likeness (QED) is 0.625. The van der Waals surface area contributed by atoms with Crippen molar-refractivity contribution in [2.45, 2.75) is 58.8 Å². The molecule has 0 radical (unpaired) electrons. The molecule has 0 unspecified atom stereocenters. The van der Waals surface area contributed by atoms with Crippen molar-refractivity contribution in [3.8, 4) is 0 Å². The van der Waals surface area contributed by atoms with Crippen LogP contribution in [0, 0.1) is 0 Å². The van der Waals surface area contributed by atoms with E-state index in [2.05, 4.69) is 13.8 Å². The Labute approximate surface area is 87.7 Å². The normalized spacial score (nSPS) is 9.07. The Bertz CT molecular complexity index is 114. The van der Waals surface area contributed by atoms with Gasteiger partial charge in [-0.15, -0.1) is 0 Å². The van der Waals surface area contributed by atoms with Crippen LogP contribution in [-0.4, -0.2) is 17.6 Å². The van der Waals surface area contributed by atoms with Gasteiger partial charge < -0.3 is 10.8 Å². The number of carbonyl (C=O) groups is 1. The van der Waals surface area contributed by atoms with Crippen LogP contribution in [0.25, 0.3) is 0 Å². The number of nitrogens with two attached hydrogens (primary N) is 1. The summed E-state index contributed by atoms with van der Waals surface area (Å²) in [6, 6.07) is 0. The molecule has 0 atom stereocenters. The summed E-state index contributed by atoms with van der Waals surface area (Å²) in [5.74, 6) is -0.670. The van der Waals surface area contributed by atoms with Crippen molar-refractivity contribution in [1.29, 1.82) is 0 Å². The van der Waals surface area contributed by atoms with E-state index in [1.807, 2.05) is 0 Å². The Hall–Kier alpha value is -0.570. The fourth-order valence-electron chi connectivity index (χ4n) is 0.880. The predicted octanol–water partition coefficient (Wildman–Crippen LogP) is 2.79. The maximum atomic E-state index is 10.0. The molecule has 0 aromatic rings. The highest BCUT2D eigenvalue weighted by Crippen LogP contribution is 2.04. The van der Waals surface area contributed by atoms with Gasteiger partial charge >= 0.3 is 5.97 Å². The van der Waals surface area contributed by atoms with E-state index in [-0.39, 0.29) is 0 Å². The van der Waals surface area contributed by atoms with Crippen molar-refractivity contribution in [3.63, 3.8) is 0 Å². The Morgan fingerprint density at radius 3 is 1.93 bits per heavy atom. The SMILES string of the molecule is CCCCCCCC(=O)O.CCCN. The number of rotatable bonds is 7. The number of unbranched alkanes of at least 4 members (excludes halogenated alkanes) is 4. The van der Waals surface area contributed by atoms with Crippen LogP contribution in [-0.2, 0) is 4.79 Å². The third kappa shape index (κ3) is 22.5. The lowest BCUT2D eigenvalue weighted by atomic mass is 10.1. The summed E-state index contributed by atoms with van der Waals surface area (Å²) in [7, 11) is 0. The first-order valence-electron chi connectivity index (χ1n) is 5.60. The van der Waals surface area contributed by atoms with Crippen molar-refractivity contribution >= 4 is 5.97 Å². The summed E-state index contributed by atoms with van der Waals surface area (Å²) in [5, 5.41) is 8.27. The fraction of sp³-hybridized carbons (Fsp3) is 0.909. The van der Waals surface area contributed by atoms with Crippen LogP contribution < -0.4 is 5.73 Å². The molecule has 0 spiro atoms. The van der Waals surface area contributed by atoms with Gasteiger partial charge in [0.2, 0.25) is 0 Å². The van der Waals surface area contributed by atoms with E-state index in [4.69, 9.17) is 10.8 Å². The van der Waals surface area contributed by atoms with Gasteiger partial charge in [-0.05, 0) is 19.4 Å². The zero-order chi connectivity index (χ0) is 11.2. The van der Waals surface area contributed by atoms with E-state index in [1.54, 1.807) is 0 Å². The van der Waals surface area contributed by atoms with Crippen LogP contribution in [0.4, 0.5) is 0 Å². The zero-order valence-electron chi connectivity index (χ0n) is 9.59. The average molecular weight is 203 g/mol. The molecule has 0 fully saturated rings. The first-order valence-corrected chi connectivity index (χ1v) is 5.60. The standard InChI is InChI=1S/C8H16O2.C3H9N/c1-2-3-4-5-6-7-8(9)10;1-2-3-4/h2-7H2,1H3,(H,9,10);2-4H2,1H3. The van der Waals surface area contributed by atoms with Gasteiger partial charge in [0.15, 0.2) is 0 Å². The Morgan fingerprint density at radius 2 is 1.57 bits per heavy atom. The summed E-state index contributed by atoms with van der Waals surface area (Å²) >= 11 is 0. The topological polar surface area (TPSA) is 63.3 Å². The van der Waals surface area contributed by atoms with Crippen LogP contribution in [0.3, 0.4) is 0 Å².